The van der Waals surface area contributed by atoms with Crippen molar-refractivity contribution in [2.75, 3.05) is 0 Å². The van der Waals surface area contributed by atoms with Gasteiger partial charge in [-0.25, -0.2) is 8.42 Å². The Morgan fingerprint density at radius 2 is 1.29 bits per heavy atom. The second-order valence-electron chi connectivity index (χ2n) is 5.61. The lowest BCUT2D eigenvalue weighted by Gasteiger charge is -2.21. The van der Waals surface area contributed by atoms with E-state index in [-0.39, 0.29) is 0 Å². The number of thiophene rings is 1. The fourth-order valence-corrected chi connectivity index (χ4v) is 5.33. The summed E-state index contributed by atoms with van der Waals surface area (Å²) in [4.78, 5) is 0.993. The quantitative estimate of drug-likeness (QED) is 0.654. The van der Waals surface area contributed by atoms with Crippen LogP contribution in [0.1, 0.15) is 16.0 Å². The molecule has 0 radical (unpaired) electrons. The molecule has 0 aliphatic rings. The molecule has 1 heterocycles. The normalized spacial score (nSPS) is 11.8. The van der Waals surface area contributed by atoms with Crippen LogP contribution in [0.25, 0.3) is 0 Å². The zero-order chi connectivity index (χ0) is 17.0. The minimum absolute atomic E-state index is 0.356. The van der Waals surface area contributed by atoms with Gasteiger partial charge >= 0.3 is 0 Å². The highest BCUT2D eigenvalue weighted by Gasteiger charge is 2.26. The molecular formula is C19H19NO2S2. The number of benzene rings is 2. The van der Waals surface area contributed by atoms with Crippen LogP contribution in [0.4, 0.5) is 0 Å². The standard InChI is InChI=1S/C19H19NO2S2/c1-16-12-13-19(23-16)24(21,22)20(14-17-8-4-2-5-9-17)15-18-10-6-3-7-11-18/h2-13H,14-15H2,1H3. The maximum Gasteiger partial charge on any atom is 0.253 e. The lowest BCUT2D eigenvalue weighted by molar-refractivity contribution is 0.402. The molecule has 2 aromatic carbocycles. The molecule has 24 heavy (non-hydrogen) atoms. The first-order valence-electron chi connectivity index (χ1n) is 7.70. The van der Waals surface area contributed by atoms with Gasteiger partial charge in [-0.2, -0.15) is 4.31 Å². The summed E-state index contributed by atoms with van der Waals surface area (Å²) in [5, 5.41) is 0. The van der Waals surface area contributed by atoms with Crippen molar-refractivity contribution in [2.24, 2.45) is 0 Å². The van der Waals surface area contributed by atoms with Crippen molar-refractivity contribution < 1.29 is 8.42 Å². The largest absolute Gasteiger partial charge is 0.253 e. The van der Waals surface area contributed by atoms with Crippen molar-refractivity contribution in [2.45, 2.75) is 24.2 Å². The van der Waals surface area contributed by atoms with Gasteiger partial charge in [-0.1, -0.05) is 60.7 Å². The van der Waals surface area contributed by atoms with Gasteiger partial charge in [-0.15, -0.1) is 11.3 Å². The molecule has 5 heteroatoms. The second kappa shape index (κ2) is 7.30. The van der Waals surface area contributed by atoms with Crippen molar-refractivity contribution >= 4 is 21.4 Å². The Morgan fingerprint density at radius 1 is 0.792 bits per heavy atom. The third-order valence-corrected chi connectivity index (χ3v) is 6.97. The first kappa shape index (κ1) is 16.9. The van der Waals surface area contributed by atoms with E-state index in [0.29, 0.717) is 17.3 Å². The van der Waals surface area contributed by atoms with Crippen LogP contribution in [-0.2, 0) is 23.1 Å². The molecule has 0 fully saturated rings. The summed E-state index contributed by atoms with van der Waals surface area (Å²) in [6, 6.07) is 22.9. The first-order chi connectivity index (χ1) is 11.6. The fraction of sp³-hybridized carbons (Fsp3) is 0.158. The predicted octanol–water partition coefficient (Wildman–Crippen LogP) is 4.45. The molecule has 0 amide bonds. The zero-order valence-corrected chi connectivity index (χ0v) is 15.1. The summed E-state index contributed by atoms with van der Waals surface area (Å²) in [5.74, 6) is 0. The molecule has 0 saturated carbocycles. The van der Waals surface area contributed by atoms with Gasteiger partial charge in [0.05, 0.1) is 0 Å². The summed E-state index contributed by atoms with van der Waals surface area (Å²) in [6.45, 7) is 2.63. The average Bonchev–Trinajstić information content (AvgIpc) is 3.03. The molecule has 124 valence electrons. The van der Waals surface area contributed by atoms with Crippen LogP contribution in [0, 0.1) is 6.92 Å². The predicted molar refractivity (Wildman–Crippen MR) is 98.4 cm³/mol. The molecule has 0 atom stereocenters. The number of rotatable bonds is 6. The highest BCUT2D eigenvalue weighted by molar-refractivity contribution is 7.91. The van der Waals surface area contributed by atoms with Crippen LogP contribution < -0.4 is 0 Å². The molecular weight excluding hydrogens is 338 g/mol. The second-order valence-corrected chi connectivity index (χ2v) is 9.06. The number of aryl methyl sites for hydroxylation is 1. The molecule has 0 aliphatic heterocycles. The molecule has 3 nitrogen and oxygen atoms in total. The number of hydrogen-bond acceptors (Lipinski definition) is 3. The third-order valence-electron chi connectivity index (χ3n) is 3.71. The van der Waals surface area contributed by atoms with Crippen molar-refractivity contribution in [3.63, 3.8) is 0 Å². The topological polar surface area (TPSA) is 37.4 Å². The smallest absolute Gasteiger partial charge is 0.206 e. The van der Waals surface area contributed by atoms with E-state index in [1.165, 1.54) is 11.3 Å². The highest BCUT2D eigenvalue weighted by atomic mass is 32.2. The van der Waals surface area contributed by atoms with Gasteiger partial charge in [0.15, 0.2) is 0 Å². The summed E-state index contributed by atoms with van der Waals surface area (Å²) >= 11 is 1.31. The zero-order valence-electron chi connectivity index (χ0n) is 13.4. The van der Waals surface area contributed by atoms with Crippen LogP contribution in [0.3, 0.4) is 0 Å². The highest BCUT2D eigenvalue weighted by Crippen LogP contribution is 2.27. The maximum absolute atomic E-state index is 13.1. The maximum atomic E-state index is 13.1. The lowest BCUT2D eigenvalue weighted by Crippen LogP contribution is -2.29. The summed E-state index contributed by atoms with van der Waals surface area (Å²) in [5.41, 5.74) is 1.95. The van der Waals surface area contributed by atoms with E-state index >= 15 is 0 Å². The van der Waals surface area contributed by atoms with Crippen LogP contribution in [0.15, 0.2) is 77.0 Å². The van der Waals surface area contributed by atoms with Gasteiger partial charge in [-0.05, 0) is 30.2 Å². The summed E-state index contributed by atoms with van der Waals surface area (Å²) < 4.78 is 28.1. The van der Waals surface area contributed by atoms with Crippen molar-refractivity contribution in [3.05, 3.63) is 88.8 Å². The summed E-state index contributed by atoms with van der Waals surface area (Å²) in [6.07, 6.45) is 0. The van der Waals surface area contributed by atoms with Crippen LogP contribution in [-0.4, -0.2) is 12.7 Å². The molecule has 1 aromatic heterocycles. The van der Waals surface area contributed by atoms with Crippen LogP contribution in [0.2, 0.25) is 0 Å². The van der Waals surface area contributed by atoms with Crippen molar-refractivity contribution in [1.82, 2.24) is 4.31 Å². The van der Waals surface area contributed by atoms with Crippen molar-refractivity contribution in [1.29, 1.82) is 0 Å². The Balaban J connectivity index is 1.94. The Labute approximate surface area is 147 Å². The minimum atomic E-state index is -3.52. The molecule has 0 unspecified atom stereocenters. The fourth-order valence-electron chi connectivity index (χ4n) is 2.48. The first-order valence-corrected chi connectivity index (χ1v) is 9.96. The van der Waals surface area contributed by atoms with Crippen LogP contribution in [0.5, 0.6) is 0 Å². The minimum Gasteiger partial charge on any atom is -0.206 e. The van der Waals surface area contributed by atoms with E-state index in [2.05, 4.69) is 0 Å². The molecule has 0 aliphatic carbocycles. The summed E-state index contributed by atoms with van der Waals surface area (Å²) in [7, 11) is -3.52. The van der Waals surface area contributed by atoms with Gasteiger partial charge in [-0.3, -0.25) is 0 Å². The monoisotopic (exact) mass is 357 g/mol. The van der Waals surface area contributed by atoms with E-state index in [9.17, 15) is 8.42 Å². The Hall–Kier alpha value is -1.95. The van der Waals surface area contributed by atoms with Gasteiger partial charge < -0.3 is 0 Å². The SMILES string of the molecule is Cc1ccc(S(=O)(=O)N(Cc2ccccc2)Cc2ccccc2)s1. The van der Waals surface area contributed by atoms with E-state index in [4.69, 9.17) is 0 Å². The number of hydrogen-bond donors (Lipinski definition) is 0. The molecule has 3 aromatic rings. The molecule has 0 N–H and O–H groups in total. The molecule has 3 rings (SSSR count). The van der Waals surface area contributed by atoms with Crippen LogP contribution >= 0.6 is 11.3 Å². The Kier molecular flexibility index (Phi) is 5.14. The molecule has 0 bridgehead atoms. The van der Waals surface area contributed by atoms with E-state index in [1.54, 1.807) is 10.4 Å². The van der Waals surface area contributed by atoms with Gasteiger partial charge in [0, 0.05) is 18.0 Å². The van der Waals surface area contributed by atoms with Crippen molar-refractivity contribution in [3.8, 4) is 0 Å². The van der Waals surface area contributed by atoms with Gasteiger partial charge in [0.1, 0.15) is 4.21 Å². The number of sulfonamides is 1. The third kappa shape index (κ3) is 3.93. The van der Waals surface area contributed by atoms with E-state index in [0.717, 1.165) is 16.0 Å². The Bertz CT molecular complexity index is 846. The van der Waals surface area contributed by atoms with Gasteiger partial charge in [0.25, 0.3) is 10.0 Å². The molecule has 0 spiro atoms. The van der Waals surface area contributed by atoms with E-state index < -0.39 is 10.0 Å². The average molecular weight is 358 g/mol. The van der Waals surface area contributed by atoms with E-state index in [1.807, 2.05) is 73.7 Å². The van der Waals surface area contributed by atoms with Gasteiger partial charge in [0.2, 0.25) is 0 Å². The molecule has 0 saturated heterocycles. The Morgan fingerprint density at radius 3 is 1.71 bits per heavy atom. The number of nitrogens with zero attached hydrogens (tertiary/aromatic N) is 1. The lowest BCUT2D eigenvalue weighted by atomic mass is 10.2.